The molecule has 9 heteroatoms. The van der Waals surface area contributed by atoms with Gasteiger partial charge in [-0.1, -0.05) is 62.4 Å². The summed E-state index contributed by atoms with van der Waals surface area (Å²) in [7, 11) is 1.41. The fraction of sp³-hybridized carbons (Fsp3) is 0.471. The van der Waals surface area contributed by atoms with Crippen molar-refractivity contribution in [2.75, 3.05) is 26.7 Å². The number of rotatable bonds is 9. The highest BCUT2D eigenvalue weighted by Crippen LogP contribution is 2.29. The summed E-state index contributed by atoms with van der Waals surface area (Å²) in [6.07, 6.45) is 6.00. The summed E-state index contributed by atoms with van der Waals surface area (Å²) in [5, 5.41) is 6.55. The van der Waals surface area contributed by atoms with Gasteiger partial charge in [0.05, 0.1) is 43.3 Å². The minimum absolute atomic E-state index is 0.0220. The number of amides is 1. The molecule has 1 aromatic heterocycles. The highest BCUT2D eigenvalue weighted by atomic mass is 16.5. The molecule has 9 nitrogen and oxygen atoms in total. The predicted molar refractivity (Wildman–Crippen MR) is 172 cm³/mol. The summed E-state index contributed by atoms with van der Waals surface area (Å²) >= 11 is 0. The molecule has 0 spiro atoms. The first-order chi connectivity index (χ1) is 20.9. The number of nitrogens with zero attached hydrogens (tertiary/aromatic N) is 4. The van der Waals surface area contributed by atoms with Crippen LogP contribution in [0.25, 0.3) is 22.4 Å². The lowest BCUT2D eigenvalue weighted by atomic mass is 9.95. The Kier molecular flexibility index (Phi) is 8.72. The zero-order valence-electron chi connectivity index (χ0n) is 25.6. The van der Waals surface area contributed by atoms with E-state index < -0.39 is 0 Å². The first-order valence-electron chi connectivity index (χ1n) is 15.6. The second kappa shape index (κ2) is 12.8. The number of hydrogen-bond acceptors (Lipinski definition) is 7. The third-order valence-electron chi connectivity index (χ3n) is 9.20. The minimum Gasteiger partial charge on any atom is -0.453 e. The molecule has 226 valence electrons. The number of H-pyrrole nitrogens is 1. The number of carbonyl (C=O) groups excluding carboxylic acids is 1. The van der Waals surface area contributed by atoms with E-state index in [2.05, 4.69) is 94.8 Å². The maximum absolute atomic E-state index is 12.0. The van der Waals surface area contributed by atoms with E-state index in [1.165, 1.54) is 24.7 Å². The van der Waals surface area contributed by atoms with Crippen LogP contribution in [0.15, 0.2) is 64.7 Å². The number of aromatic nitrogens is 2. The molecule has 4 heterocycles. The molecule has 0 bridgehead atoms. The normalized spacial score (nSPS) is 22.0. The molecular weight excluding hydrogens is 538 g/mol. The van der Waals surface area contributed by atoms with Crippen LogP contribution in [0.2, 0.25) is 0 Å². The monoisotopic (exact) mass is 581 g/mol. The Morgan fingerprint density at radius 3 is 2.33 bits per heavy atom. The van der Waals surface area contributed by atoms with Crippen LogP contribution in [0.5, 0.6) is 0 Å². The van der Waals surface area contributed by atoms with Crippen LogP contribution < -0.4 is 10.6 Å². The van der Waals surface area contributed by atoms with E-state index in [4.69, 9.17) is 14.7 Å². The van der Waals surface area contributed by atoms with Gasteiger partial charge in [0.2, 0.25) is 0 Å². The molecule has 1 amide bonds. The van der Waals surface area contributed by atoms with E-state index in [9.17, 15) is 4.79 Å². The average molecular weight is 582 g/mol. The topological polar surface area (TPSA) is 107 Å². The number of hydrogen-bond donors (Lipinski definition) is 3. The van der Waals surface area contributed by atoms with E-state index in [-0.39, 0.29) is 30.1 Å². The molecule has 3 aliphatic heterocycles. The molecule has 4 atom stereocenters. The van der Waals surface area contributed by atoms with Crippen molar-refractivity contribution in [1.82, 2.24) is 25.5 Å². The van der Waals surface area contributed by atoms with Crippen molar-refractivity contribution in [3.8, 4) is 22.4 Å². The van der Waals surface area contributed by atoms with E-state index in [1.807, 2.05) is 6.20 Å². The quantitative estimate of drug-likeness (QED) is 0.305. The van der Waals surface area contributed by atoms with Gasteiger partial charge in [-0.3, -0.25) is 9.89 Å². The zero-order chi connectivity index (χ0) is 29.9. The van der Waals surface area contributed by atoms with Gasteiger partial charge in [-0.2, -0.15) is 0 Å². The molecule has 2 saturated heterocycles. The highest BCUT2D eigenvalue weighted by Gasteiger charge is 2.38. The van der Waals surface area contributed by atoms with Gasteiger partial charge in [-0.25, -0.2) is 14.8 Å². The van der Waals surface area contributed by atoms with Gasteiger partial charge < -0.3 is 20.4 Å². The Labute approximate surface area is 254 Å². The molecule has 2 fully saturated rings. The number of nitrogens with one attached hydrogen (secondary N) is 3. The van der Waals surface area contributed by atoms with Crippen molar-refractivity contribution in [2.24, 2.45) is 15.9 Å². The number of alkyl carbamates (subject to hydrolysis) is 1. The molecule has 3 aliphatic rings. The molecule has 0 saturated carbocycles. The molecule has 2 aromatic carbocycles. The summed E-state index contributed by atoms with van der Waals surface area (Å²) < 4.78 is 4.89. The smallest absolute Gasteiger partial charge is 0.407 e. The molecule has 3 aromatic rings. The number of aliphatic imine (C=N–C) groups is 2. The third kappa shape index (κ3) is 6.28. The van der Waals surface area contributed by atoms with Crippen molar-refractivity contribution in [1.29, 1.82) is 0 Å². The van der Waals surface area contributed by atoms with Crippen LogP contribution >= 0.6 is 0 Å². The van der Waals surface area contributed by atoms with Gasteiger partial charge >= 0.3 is 6.09 Å². The number of carbonyl (C=O) groups is 1. The Morgan fingerprint density at radius 2 is 1.67 bits per heavy atom. The number of benzene rings is 2. The van der Waals surface area contributed by atoms with Crippen LogP contribution in [0, 0.1) is 5.92 Å². The number of imidazole rings is 1. The zero-order valence-corrected chi connectivity index (χ0v) is 25.6. The fourth-order valence-electron chi connectivity index (χ4n) is 6.78. The lowest BCUT2D eigenvalue weighted by Gasteiger charge is -2.37. The summed E-state index contributed by atoms with van der Waals surface area (Å²) in [6.45, 7) is 9.07. The van der Waals surface area contributed by atoms with E-state index >= 15 is 0 Å². The molecule has 6 rings (SSSR count). The summed E-state index contributed by atoms with van der Waals surface area (Å²) in [6, 6.07) is 17.9. The van der Waals surface area contributed by atoms with Gasteiger partial charge in [0.25, 0.3) is 0 Å². The van der Waals surface area contributed by atoms with Crippen molar-refractivity contribution < 1.29 is 9.53 Å². The minimum atomic E-state index is -0.386. The van der Waals surface area contributed by atoms with Crippen molar-refractivity contribution in [3.05, 3.63) is 66.1 Å². The van der Waals surface area contributed by atoms with Gasteiger partial charge in [-0.15, -0.1) is 0 Å². The molecule has 0 aliphatic carbocycles. The number of amidine groups is 1. The number of methoxy groups -OCH3 is 1. The van der Waals surface area contributed by atoms with Crippen molar-refractivity contribution >= 4 is 17.6 Å². The van der Waals surface area contributed by atoms with Crippen LogP contribution in [-0.2, 0) is 4.74 Å². The van der Waals surface area contributed by atoms with Crippen molar-refractivity contribution in [3.63, 3.8) is 0 Å². The lowest BCUT2D eigenvalue weighted by Crippen LogP contribution is -2.55. The fourth-order valence-corrected chi connectivity index (χ4v) is 6.78. The molecule has 3 N–H and O–H groups in total. The third-order valence-corrected chi connectivity index (χ3v) is 9.20. The first kappa shape index (κ1) is 29.3. The van der Waals surface area contributed by atoms with E-state index in [1.54, 1.807) is 0 Å². The van der Waals surface area contributed by atoms with Gasteiger partial charge in [0.15, 0.2) is 0 Å². The molecule has 43 heavy (non-hydrogen) atoms. The van der Waals surface area contributed by atoms with E-state index in [0.29, 0.717) is 12.6 Å². The summed E-state index contributed by atoms with van der Waals surface area (Å²) in [4.78, 5) is 32.5. The Morgan fingerprint density at radius 1 is 0.977 bits per heavy atom. The van der Waals surface area contributed by atoms with Crippen LogP contribution in [0.3, 0.4) is 0 Å². The maximum atomic E-state index is 12.0. The Bertz CT molecular complexity index is 1470. The Balaban J connectivity index is 1.11. The first-order valence-corrected chi connectivity index (χ1v) is 15.6. The van der Waals surface area contributed by atoms with E-state index in [0.717, 1.165) is 66.5 Å². The van der Waals surface area contributed by atoms with Gasteiger partial charge in [0, 0.05) is 12.1 Å². The van der Waals surface area contributed by atoms with Gasteiger partial charge in [-0.05, 0) is 73.9 Å². The number of aromatic amines is 1. The summed E-state index contributed by atoms with van der Waals surface area (Å²) in [5.41, 5.74) is 6.65. The Hall–Kier alpha value is -3.82. The second-order valence-electron chi connectivity index (χ2n) is 12.3. The SMILES string of the molecule is COC(=O)N[C@@H](C(C)C)C(C)N1CCC[C@H]1C1=NCC(c2ccc(-c3ccc(-c4cnc([C@@H]5CCCN5)[nH]4)cc3)cc2)=N1. The predicted octanol–water partition coefficient (Wildman–Crippen LogP) is 5.60. The van der Waals surface area contributed by atoms with Gasteiger partial charge in [0.1, 0.15) is 11.7 Å². The largest absolute Gasteiger partial charge is 0.453 e. The summed E-state index contributed by atoms with van der Waals surface area (Å²) in [5.74, 6) is 2.21. The molecular formula is C34H43N7O2. The lowest BCUT2D eigenvalue weighted by molar-refractivity contribution is 0.131. The average Bonchev–Trinajstić information content (AvgIpc) is 3.86. The van der Waals surface area contributed by atoms with Crippen LogP contribution in [0.1, 0.15) is 63.9 Å². The second-order valence-corrected chi connectivity index (χ2v) is 12.3. The number of ether oxygens (including phenoxy) is 1. The standard InChI is InChI=1S/C34H43N7O2/c1-21(2)31(40-34(42)43-4)22(3)41-18-6-8-30(41)33-37-20-29(39-33)26-15-11-24(12-16-26)23-9-13-25(14-10-23)28-19-36-32(38-28)27-7-5-17-35-27/h9-16,19,21-22,27,30-31,35H,5-8,17-18,20H2,1-4H3,(H,36,38)(H,40,42)/t22?,27-,30-,31-/m0/s1. The molecule has 1 unspecified atom stereocenters. The number of likely N-dealkylation sites (tertiary alicyclic amines) is 1. The molecule has 0 radical (unpaired) electrons. The van der Waals surface area contributed by atoms with Crippen LogP contribution in [-0.4, -0.2) is 77.4 Å². The highest BCUT2D eigenvalue weighted by molar-refractivity contribution is 6.14. The maximum Gasteiger partial charge on any atom is 0.407 e. The van der Waals surface area contributed by atoms with Crippen LogP contribution in [0.4, 0.5) is 4.79 Å². The van der Waals surface area contributed by atoms with Crippen molar-refractivity contribution in [2.45, 2.75) is 70.6 Å².